The zero-order valence-corrected chi connectivity index (χ0v) is 14.7. The van der Waals surface area contributed by atoms with Crippen LogP contribution < -0.4 is 10.1 Å². The molecule has 1 aliphatic heterocycles. The number of methoxy groups -OCH3 is 1. The van der Waals surface area contributed by atoms with E-state index in [-0.39, 0.29) is 0 Å². The summed E-state index contributed by atoms with van der Waals surface area (Å²) in [5, 5.41) is 11.0. The van der Waals surface area contributed by atoms with E-state index in [4.69, 9.17) is 4.74 Å². The highest BCUT2D eigenvalue weighted by molar-refractivity contribution is 5.63. The molecule has 2 heterocycles. The minimum atomic E-state index is 0.771. The quantitative estimate of drug-likeness (QED) is 0.782. The lowest BCUT2D eigenvalue weighted by Gasteiger charge is -2.15. The topological polar surface area (TPSA) is 53.2 Å². The number of benzene rings is 1. The Morgan fingerprint density at radius 2 is 2.17 bits per heavy atom. The molecule has 1 saturated heterocycles. The van der Waals surface area contributed by atoms with Crippen molar-refractivity contribution in [2.75, 3.05) is 33.3 Å². The molecule has 1 aromatic carbocycles. The van der Waals surface area contributed by atoms with Crippen molar-refractivity contribution in [2.24, 2.45) is 5.92 Å². The lowest BCUT2D eigenvalue weighted by molar-refractivity contribution is 0.322. The van der Waals surface area contributed by atoms with Crippen LogP contribution in [0.25, 0.3) is 11.3 Å². The van der Waals surface area contributed by atoms with Crippen LogP contribution in [0.3, 0.4) is 0 Å². The first-order chi connectivity index (χ1) is 11.8. The number of nitrogens with zero attached hydrogens (tertiary/aromatic N) is 2. The van der Waals surface area contributed by atoms with Crippen molar-refractivity contribution in [3.05, 3.63) is 36.0 Å². The Balaban J connectivity index is 1.52. The zero-order valence-electron chi connectivity index (χ0n) is 14.7. The van der Waals surface area contributed by atoms with Gasteiger partial charge in [-0.2, -0.15) is 5.10 Å². The Hall–Kier alpha value is -1.85. The van der Waals surface area contributed by atoms with Crippen molar-refractivity contribution in [3.63, 3.8) is 0 Å². The van der Waals surface area contributed by atoms with Crippen LogP contribution in [0.1, 0.15) is 25.3 Å². The summed E-state index contributed by atoms with van der Waals surface area (Å²) in [6.07, 6.45) is 4.48. The van der Waals surface area contributed by atoms with E-state index in [9.17, 15) is 0 Å². The number of H-pyrrole nitrogens is 1. The SMILES string of the molecule is CCCN1CCC(CNCc2cn[nH]c2-c2ccc(OC)cc2)C1. The molecule has 5 heteroatoms. The molecule has 130 valence electrons. The molecule has 1 atom stereocenters. The molecule has 1 aromatic heterocycles. The predicted molar refractivity (Wildman–Crippen MR) is 97.1 cm³/mol. The molecule has 1 unspecified atom stereocenters. The average molecular weight is 328 g/mol. The van der Waals surface area contributed by atoms with Crippen LogP contribution in [-0.4, -0.2) is 48.4 Å². The van der Waals surface area contributed by atoms with Crippen molar-refractivity contribution < 1.29 is 4.74 Å². The molecule has 3 rings (SSSR count). The number of rotatable bonds is 8. The molecule has 0 bridgehead atoms. The fourth-order valence-corrected chi connectivity index (χ4v) is 3.46. The van der Waals surface area contributed by atoms with Gasteiger partial charge in [0.1, 0.15) is 5.75 Å². The standard InChI is InChI=1S/C19H28N4O/c1-3-9-23-10-8-15(14-23)11-20-12-17-13-21-22-19(17)16-4-6-18(24-2)7-5-16/h4-7,13,15,20H,3,8-12,14H2,1-2H3,(H,21,22). The van der Waals surface area contributed by atoms with Crippen molar-refractivity contribution >= 4 is 0 Å². The van der Waals surface area contributed by atoms with Gasteiger partial charge in [0.25, 0.3) is 0 Å². The summed E-state index contributed by atoms with van der Waals surface area (Å²) in [7, 11) is 1.69. The second-order valence-corrected chi connectivity index (χ2v) is 6.58. The highest BCUT2D eigenvalue weighted by Gasteiger charge is 2.21. The van der Waals surface area contributed by atoms with Crippen LogP contribution in [0.4, 0.5) is 0 Å². The Labute approximate surface area is 144 Å². The van der Waals surface area contributed by atoms with Gasteiger partial charge in [0.05, 0.1) is 19.0 Å². The van der Waals surface area contributed by atoms with Gasteiger partial charge in [0.2, 0.25) is 0 Å². The molecule has 0 saturated carbocycles. The molecule has 0 amide bonds. The Morgan fingerprint density at radius 3 is 2.92 bits per heavy atom. The smallest absolute Gasteiger partial charge is 0.118 e. The second-order valence-electron chi connectivity index (χ2n) is 6.58. The normalized spacial score (nSPS) is 18.2. The number of aromatic amines is 1. The Bertz CT molecular complexity index is 623. The van der Waals surface area contributed by atoms with Crippen LogP contribution >= 0.6 is 0 Å². The molecule has 2 aromatic rings. The largest absolute Gasteiger partial charge is 0.497 e. The summed E-state index contributed by atoms with van der Waals surface area (Å²) in [6.45, 7) is 7.90. The number of aromatic nitrogens is 2. The monoisotopic (exact) mass is 328 g/mol. The molecular weight excluding hydrogens is 300 g/mol. The van der Waals surface area contributed by atoms with E-state index < -0.39 is 0 Å². The molecule has 24 heavy (non-hydrogen) atoms. The van der Waals surface area contributed by atoms with E-state index >= 15 is 0 Å². The molecule has 0 aliphatic carbocycles. The third-order valence-electron chi connectivity index (χ3n) is 4.75. The minimum absolute atomic E-state index is 0.771. The van der Waals surface area contributed by atoms with Gasteiger partial charge in [-0.1, -0.05) is 6.92 Å². The van der Waals surface area contributed by atoms with Crippen LogP contribution in [0.2, 0.25) is 0 Å². The van der Waals surface area contributed by atoms with Gasteiger partial charge in [0.15, 0.2) is 0 Å². The summed E-state index contributed by atoms with van der Waals surface area (Å²) in [5.41, 5.74) is 3.44. The van der Waals surface area contributed by atoms with Crippen LogP contribution in [0.5, 0.6) is 5.75 Å². The molecule has 5 nitrogen and oxygen atoms in total. The zero-order chi connectivity index (χ0) is 16.8. The number of nitrogens with one attached hydrogen (secondary N) is 2. The number of ether oxygens (including phenoxy) is 1. The van der Waals surface area contributed by atoms with Crippen LogP contribution in [0, 0.1) is 5.92 Å². The van der Waals surface area contributed by atoms with E-state index in [0.29, 0.717) is 0 Å². The first-order valence-electron chi connectivity index (χ1n) is 8.90. The minimum Gasteiger partial charge on any atom is -0.497 e. The van der Waals surface area contributed by atoms with Crippen LogP contribution in [0.15, 0.2) is 30.5 Å². The van der Waals surface area contributed by atoms with Gasteiger partial charge >= 0.3 is 0 Å². The van der Waals surface area contributed by atoms with E-state index in [1.54, 1.807) is 7.11 Å². The summed E-state index contributed by atoms with van der Waals surface area (Å²) < 4.78 is 5.22. The van der Waals surface area contributed by atoms with Crippen molar-refractivity contribution in [2.45, 2.75) is 26.3 Å². The van der Waals surface area contributed by atoms with Crippen molar-refractivity contribution in [1.82, 2.24) is 20.4 Å². The lowest BCUT2D eigenvalue weighted by Crippen LogP contribution is -2.26. The first kappa shape index (κ1) is 17.0. The maximum atomic E-state index is 5.22. The first-order valence-corrected chi connectivity index (χ1v) is 8.90. The third kappa shape index (κ3) is 4.16. The van der Waals surface area contributed by atoms with Crippen molar-refractivity contribution in [3.8, 4) is 17.0 Å². The van der Waals surface area contributed by atoms with E-state index in [2.05, 4.69) is 39.5 Å². The molecule has 0 radical (unpaired) electrons. The van der Waals surface area contributed by atoms with E-state index in [1.807, 2.05) is 18.3 Å². The highest BCUT2D eigenvalue weighted by atomic mass is 16.5. The van der Waals surface area contributed by atoms with Gasteiger partial charge < -0.3 is 15.0 Å². The summed E-state index contributed by atoms with van der Waals surface area (Å²) >= 11 is 0. The van der Waals surface area contributed by atoms with E-state index in [1.165, 1.54) is 38.0 Å². The maximum Gasteiger partial charge on any atom is 0.118 e. The fraction of sp³-hybridized carbons (Fsp3) is 0.526. The molecular formula is C19H28N4O. The number of likely N-dealkylation sites (tertiary alicyclic amines) is 1. The fourth-order valence-electron chi connectivity index (χ4n) is 3.46. The van der Waals surface area contributed by atoms with Gasteiger partial charge in [-0.3, -0.25) is 5.10 Å². The van der Waals surface area contributed by atoms with Gasteiger partial charge in [-0.05, 0) is 62.7 Å². The summed E-state index contributed by atoms with van der Waals surface area (Å²) in [6, 6.07) is 8.09. The molecule has 2 N–H and O–H groups in total. The summed E-state index contributed by atoms with van der Waals surface area (Å²) in [5.74, 6) is 1.64. The predicted octanol–water partition coefficient (Wildman–Crippen LogP) is 2.91. The third-order valence-corrected chi connectivity index (χ3v) is 4.75. The number of hydrogen-bond acceptors (Lipinski definition) is 4. The average Bonchev–Trinajstić information content (AvgIpc) is 3.25. The van der Waals surface area contributed by atoms with E-state index in [0.717, 1.165) is 36.0 Å². The molecule has 1 fully saturated rings. The molecule has 1 aliphatic rings. The van der Waals surface area contributed by atoms with Crippen molar-refractivity contribution in [1.29, 1.82) is 0 Å². The Kier molecular flexibility index (Phi) is 5.88. The lowest BCUT2D eigenvalue weighted by atomic mass is 10.1. The van der Waals surface area contributed by atoms with Gasteiger partial charge in [-0.25, -0.2) is 0 Å². The van der Waals surface area contributed by atoms with Gasteiger partial charge in [-0.15, -0.1) is 0 Å². The van der Waals surface area contributed by atoms with Gasteiger partial charge in [0, 0.05) is 24.2 Å². The maximum absolute atomic E-state index is 5.22. The summed E-state index contributed by atoms with van der Waals surface area (Å²) in [4.78, 5) is 2.58. The highest BCUT2D eigenvalue weighted by Crippen LogP contribution is 2.23. The molecule has 0 spiro atoms. The number of hydrogen-bond donors (Lipinski definition) is 2. The Morgan fingerprint density at radius 1 is 1.33 bits per heavy atom. The second kappa shape index (κ2) is 8.31. The van der Waals surface area contributed by atoms with Crippen LogP contribution in [-0.2, 0) is 6.54 Å².